The van der Waals surface area contributed by atoms with Crippen LogP contribution in [-0.4, -0.2) is 10.5 Å². The molecule has 1 aliphatic rings. The first-order valence-electron chi connectivity index (χ1n) is 4.32. The molecule has 0 saturated carbocycles. The van der Waals surface area contributed by atoms with Gasteiger partial charge in [-0.05, 0) is 24.5 Å². The summed E-state index contributed by atoms with van der Waals surface area (Å²) in [6.45, 7) is 6.00. The number of hydrogen-bond acceptors (Lipinski definition) is 1. The fourth-order valence-electron chi connectivity index (χ4n) is 1.41. The number of halogens is 1. The monoisotopic (exact) mass is 186 g/mol. The summed E-state index contributed by atoms with van der Waals surface area (Å²) in [5.74, 6) is 0.698. The summed E-state index contributed by atoms with van der Waals surface area (Å²) in [6.07, 6.45) is 2.80. The molecule has 1 nitrogen and oxygen atoms in total. The van der Waals surface area contributed by atoms with Crippen LogP contribution in [0.15, 0.2) is 23.0 Å². The molecule has 0 aromatic heterocycles. The van der Waals surface area contributed by atoms with Crippen molar-refractivity contribution in [1.29, 1.82) is 0 Å². The van der Waals surface area contributed by atoms with Gasteiger partial charge in [-0.15, -0.1) is 11.6 Å². The molecule has 1 rings (SSSR count). The van der Waals surface area contributed by atoms with Gasteiger partial charge in [0.1, 0.15) is 5.76 Å². The minimum Gasteiger partial charge on any atom is -0.508 e. The van der Waals surface area contributed by atoms with Crippen molar-refractivity contribution in [3.05, 3.63) is 23.0 Å². The molecule has 0 amide bonds. The van der Waals surface area contributed by atoms with Crippen LogP contribution in [0.1, 0.15) is 27.2 Å². The van der Waals surface area contributed by atoms with Gasteiger partial charge in [0.05, 0.1) is 5.38 Å². The summed E-state index contributed by atoms with van der Waals surface area (Å²) in [6, 6.07) is 0. The van der Waals surface area contributed by atoms with E-state index in [0.29, 0.717) is 5.76 Å². The summed E-state index contributed by atoms with van der Waals surface area (Å²) in [4.78, 5) is 0. The molecular weight excluding hydrogens is 172 g/mol. The maximum atomic E-state index is 9.68. The van der Waals surface area contributed by atoms with Crippen LogP contribution in [0.5, 0.6) is 0 Å². The Kier molecular flexibility index (Phi) is 2.84. The number of aliphatic hydroxyl groups is 1. The second-order valence-corrected chi connectivity index (χ2v) is 3.81. The molecule has 0 saturated heterocycles. The van der Waals surface area contributed by atoms with Crippen LogP contribution in [0.4, 0.5) is 0 Å². The molecule has 0 spiro atoms. The molecule has 68 valence electrons. The predicted octanol–water partition coefficient (Wildman–Crippen LogP) is 3.41. The minimum absolute atomic E-state index is 0.0378. The number of alkyl halides is 1. The first kappa shape index (κ1) is 9.66. The van der Waals surface area contributed by atoms with Crippen LogP contribution in [0.25, 0.3) is 0 Å². The number of aliphatic hydroxyl groups excluding tert-OH is 1. The Bertz CT molecular complexity index is 240. The molecule has 0 aromatic rings. The summed E-state index contributed by atoms with van der Waals surface area (Å²) < 4.78 is 0. The standard InChI is InChI=1S/C10H15ClO/c1-4-8-5-9(11)6(2)7(3)10(8)12/h5-6,9,12H,4H2,1-3H3. The molecule has 1 aliphatic carbocycles. The van der Waals surface area contributed by atoms with Crippen molar-refractivity contribution in [3.63, 3.8) is 0 Å². The third-order valence-electron chi connectivity index (χ3n) is 2.58. The lowest BCUT2D eigenvalue weighted by atomic mass is 9.88. The van der Waals surface area contributed by atoms with Crippen LogP contribution in [0.3, 0.4) is 0 Å². The SMILES string of the molecule is CCC1=CC(Cl)C(C)C(C)=C1O. The van der Waals surface area contributed by atoms with Gasteiger partial charge in [0.15, 0.2) is 0 Å². The summed E-state index contributed by atoms with van der Waals surface area (Å²) in [5, 5.41) is 9.72. The van der Waals surface area contributed by atoms with Crippen LogP contribution >= 0.6 is 11.6 Å². The summed E-state index contributed by atoms with van der Waals surface area (Å²) >= 11 is 6.08. The van der Waals surface area contributed by atoms with E-state index in [-0.39, 0.29) is 11.3 Å². The molecule has 12 heavy (non-hydrogen) atoms. The largest absolute Gasteiger partial charge is 0.508 e. The van der Waals surface area contributed by atoms with Crippen molar-refractivity contribution >= 4 is 11.6 Å². The lowest BCUT2D eigenvalue weighted by Crippen LogP contribution is -2.17. The topological polar surface area (TPSA) is 20.2 Å². The molecule has 0 radical (unpaired) electrons. The summed E-state index contributed by atoms with van der Waals surface area (Å²) in [7, 11) is 0. The minimum atomic E-state index is 0.0378. The smallest absolute Gasteiger partial charge is 0.117 e. The van der Waals surface area contributed by atoms with Crippen LogP contribution < -0.4 is 0 Å². The van der Waals surface area contributed by atoms with E-state index in [1.807, 2.05) is 26.8 Å². The van der Waals surface area contributed by atoms with E-state index in [0.717, 1.165) is 17.6 Å². The van der Waals surface area contributed by atoms with E-state index in [4.69, 9.17) is 11.6 Å². The van der Waals surface area contributed by atoms with Crippen LogP contribution in [-0.2, 0) is 0 Å². The third kappa shape index (κ3) is 1.51. The summed E-state index contributed by atoms with van der Waals surface area (Å²) in [5.41, 5.74) is 1.99. The van der Waals surface area contributed by atoms with E-state index in [2.05, 4.69) is 0 Å². The Labute approximate surface area is 78.7 Å². The Morgan fingerprint density at radius 2 is 2.17 bits per heavy atom. The van der Waals surface area contributed by atoms with Crippen molar-refractivity contribution in [2.24, 2.45) is 5.92 Å². The van der Waals surface area contributed by atoms with Crippen LogP contribution in [0.2, 0.25) is 0 Å². The van der Waals surface area contributed by atoms with Crippen molar-refractivity contribution in [1.82, 2.24) is 0 Å². The van der Waals surface area contributed by atoms with Gasteiger partial charge in [-0.2, -0.15) is 0 Å². The average molecular weight is 187 g/mol. The average Bonchev–Trinajstić information content (AvgIpc) is 2.08. The Morgan fingerprint density at radius 1 is 1.58 bits per heavy atom. The Morgan fingerprint density at radius 3 is 2.67 bits per heavy atom. The zero-order chi connectivity index (χ0) is 9.30. The van der Waals surface area contributed by atoms with Gasteiger partial charge in [0.25, 0.3) is 0 Å². The van der Waals surface area contributed by atoms with Gasteiger partial charge in [0.2, 0.25) is 0 Å². The van der Waals surface area contributed by atoms with Crippen LogP contribution in [0, 0.1) is 5.92 Å². The first-order chi connectivity index (χ1) is 5.57. The molecule has 0 aliphatic heterocycles. The zero-order valence-electron chi connectivity index (χ0n) is 7.76. The molecule has 2 unspecified atom stereocenters. The third-order valence-corrected chi connectivity index (χ3v) is 3.08. The van der Waals surface area contributed by atoms with Gasteiger partial charge in [0, 0.05) is 5.92 Å². The molecule has 0 bridgehead atoms. The van der Waals surface area contributed by atoms with Gasteiger partial charge < -0.3 is 5.11 Å². The molecule has 2 atom stereocenters. The Balaban J connectivity index is 3.00. The molecule has 1 N–H and O–H groups in total. The van der Waals surface area contributed by atoms with Crippen molar-refractivity contribution in [3.8, 4) is 0 Å². The molecule has 0 fully saturated rings. The van der Waals surface area contributed by atoms with Crippen molar-refractivity contribution < 1.29 is 5.11 Å². The van der Waals surface area contributed by atoms with Gasteiger partial charge >= 0.3 is 0 Å². The lowest BCUT2D eigenvalue weighted by Gasteiger charge is -2.24. The quantitative estimate of drug-likeness (QED) is 0.623. The fourth-order valence-corrected chi connectivity index (χ4v) is 1.75. The highest BCUT2D eigenvalue weighted by Gasteiger charge is 2.23. The molecular formula is C10H15ClO. The fraction of sp³-hybridized carbons (Fsp3) is 0.600. The second kappa shape index (κ2) is 3.53. The highest BCUT2D eigenvalue weighted by atomic mass is 35.5. The van der Waals surface area contributed by atoms with E-state index in [9.17, 15) is 5.11 Å². The lowest BCUT2D eigenvalue weighted by molar-refractivity contribution is 0.396. The van der Waals surface area contributed by atoms with E-state index >= 15 is 0 Å². The Hall–Kier alpha value is -0.430. The number of rotatable bonds is 1. The molecule has 0 aromatic carbocycles. The highest BCUT2D eigenvalue weighted by molar-refractivity contribution is 6.22. The van der Waals surface area contributed by atoms with Gasteiger partial charge in [-0.3, -0.25) is 0 Å². The van der Waals surface area contributed by atoms with Crippen molar-refractivity contribution in [2.45, 2.75) is 32.6 Å². The normalized spacial score (nSPS) is 30.5. The molecule has 0 heterocycles. The predicted molar refractivity (Wildman–Crippen MR) is 52.5 cm³/mol. The van der Waals surface area contributed by atoms with E-state index < -0.39 is 0 Å². The van der Waals surface area contributed by atoms with Gasteiger partial charge in [-0.1, -0.05) is 19.9 Å². The highest BCUT2D eigenvalue weighted by Crippen LogP contribution is 2.32. The maximum Gasteiger partial charge on any atom is 0.117 e. The number of allylic oxidation sites excluding steroid dienone is 3. The van der Waals surface area contributed by atoms with Crippen molar-refractivity contribution in [2.75, 3.05) is 0 Å². The van der Waals surface area contributed by atoms with E-state index in [1.165, 1.54) is 0 Å². The number of hydrogen-bond donors (Lipinski definition) is 1. The maximum absolute atomic E-state index is 9.68. The second-order valence-electron chi connectivity index (χ2n) is 3.31. The van der Waals surface area contributed by atoms with Gasteiger partial charge in [-0.25, -0.2) is 0 Å². The molecule has 2 heteroatoms. The zero-order valence-corrected chi connectivity index (χ0v) is 8.52. The van der Waals surface area contributed by atoms with E-state index in [1.54, 1.807) is 0 Å². The first-order valence-corrected chi connectivity index (χ1v) is 4.76.